The Balaban J connectivity index is 2.23. The van der Waals surface area contributed by atoms with Crippen molar-refractivity contribution in [1.29, 1.82) is 0 Å². The van der Waals surface area contributed by atoms with Crippen molar-refractivity contribution in [1.82, 2.24) is 14.8 Å². The van der Waals surface area contributed by atoms with Crippen LogP contribution < -0.4 is 5.73 Å². The lowest BCUT2D eigenvalue weighted by molar-refractivity contribution is 0.749. The third-order valence-corrected chi connectivity index (χ3v) is 3.17. The summed E-state index contributed by atoms with van der Waals surface area (Å²) in [5.41, 5.74) is 7.86. The topological polar surface area (TPSA) is 56.7 Å². The van der Waals surface area contributed by atoms with Crippen molar-refractivity contribution in [2.24, 2.45) is 7.05 Å². The Morgan fingerprint density at radius 1 is 1.53 bits per heavy atom. The van der Waals surface area contributed by atoms with Gasteiger partial charge in [-0.25, -0.2) is 4.98 Å². The van der Waals surface area contributed by atoms with Gasteiger partial charge in [0.05, 0.1) is 11.4 Å². The fourth-order valence-electron chi connectivity index (χ4n) is 1.54. The fourth-order valence-corrected chi connectivity index (χ4v) is 2.48. The summed E-state index contributed by atoms with van der Waals surface area (Å²) in [6.07, 6.45) is 3.71. The summed E-state index contributed by atoms with van der Waals surface area (Å²) in [7, 11) is 1.92. The van der Waals surface area contributed by atoms with Crippen LogP contribution in [0.15, 0.2) is 12.3 Å². The quantitative estimate of drug-likeness (QED) is 0.858. The van der Waals surface area contributed by atoms with E-state index in [1.807, 2.05) is 24.0 Å². The van der Waals surface area contributed by atoms with Gasteiger partial charge in [0.25, 0.3) is 0 Å². The van der Waals surface area contributed by atoms with E-state index in [2.05, 4.69) is 17.0 Å². The van der Waals surface area contributed by atoms with Gasteiger partial charge in [-0.3, -0.25) is 4.68 Å². The molecule has 0 radical (unpaired) electrons. The van der Waals surface area contributed by atoms with Crippen LogP contribution in [0.4, 0.5) is 5.13 Å². The smallest absolute Gasteiger partial charge is 0.180 e. The molecule has 0 aromatic carbocycles. The monoisotopic (exact) mass is 222 g/mol. The van der Waals surface area contributed by atoms with E-state index in [4.69, 9.17) is 5.73 Å². The largest absolute Gasteiger partial charge is 0.375 e. The van der Waals surface area contributed by atoms with Crippen molar-refractivity contribution < 1.29 is 0 Å². The Morgan fingerprint density at radius 3 is 2.93 bits per heavy atom. The van der Waals surface area contributed by atoms with Crippen LogP contribution in [0.25, 0.3) is 0 Å². The Morgan fingerprint density at radius 2 is 2.33 bits per heavy atom. The van der Waals surface area contributed by atoms with Crippen LogP contribution in [0.1, 0.15) is 23.2 Å². The molecular weight excluding hydrogens is 208 g/mol. The molecule has 4 nitrogen and oxygen atoms in total. The second kappa shape index (κ2) is 4.02. The molecule has 0 amide bonds. The molecule has 5 heteroatoms. The van der Waals surface area contributed by atoms with Gasteiger partial charge in [-0.15, -0.1) is 11.3 Å². The Bertz CT molecular complexity index is 458. The lowest BCUT2D eigenvalue weighted by atomic mass is 10.2. The van der Waals surface area contributed by atoms with Crippen LogP contribution in [0.5, 0.6) is 0 Å². The van der Waals surface area contributed by atoms with Crippen molar-refractivity contribution in [2.45, 2.75) is 19.8 Å². The SMILES string of the molecule is CCc1nc(N)sc1Cc1ccn(C)n1. The molecule has 2 N–H and O–H groups in total. The summed E-state index contributed by atoms with van der Waals surface area (Å²) in [4.78, 5) is 5.52. The van der Waals surface area contributed by atoms with Crippen LogP contribution in [0, 0.1) is 0 Å². The normalized spacial score (nSPS) is 10.8. The zero-order chi connectivity index (χ0) is 10.8. The molecule has 0 atom stereocenters. The molecule has 0 aliphatic heterocycles. The lowest BCUT2D eigenvalue weighted by Crippen LogP contribution is -1.94. The van der Waals surface area contributed by atoms with Crippen molar-refractivity contribution >= 4 is 16.5 Å². The highest BCUT2D eigenvalue weighted by atomic mass is 32.1. The van der Waals surface area contributed by atoms with Crippen LogP contribution in [-0.2, 0) is 19.9 Å². The fraction of sp³-hybridized carbons (Fsp3) is 0.400. The van der Waals surface area contributed by atoms with E-state index in [-0.39, 0.29) is 0 Å². The first-order chi connectivity index (χ1) is 7.19. The summed E-state index contributed by atoms with van der Waals surface area (Å²) in [6.45, 7) is 2.09. The number of aryl methyl sites for hydroxylation is 2. The molecule has 0 saturated heterocycles. The van der Waals surface area contributed by atoms with Crippen LogP contribution in [0.3, 0.4) is 0 Å². The first-order valence-corrected chi connectivity index (χ1v) is 5.73. The molecule has 0 aliphatic carbocycles. The minimum absolute atomic E-state index is 0.651. The second-order valence-electron chi connectivity index (χ2n) is 3.43. The number of hydrogen-bond acceptors (Lipinski definition) is 4. The number of nitrogens with two attached hydrogens (primary N) is 1. The lowest BCUT2D eigenvalue weighted by Gasteiger charge is -1.96. The molecule has 0 spiro atoms. The van der Waals surface area contributed by atoms with Gasteiger partial charge in [0.15, 0.2) is 5.13 Å². The van der Waals surface area contributed by atoms with E-state index < -0.39 is 0 Å². The van der Waals surface area contributed by atoms with Crippen LogP contribution in [0.2, 0.25) is 0 Å². The molecule has 0 bridgehead atoms. The summed E-state index contributed by atoms with van der Waals surface area (Å²) < 4.78 is 1.81. The number of nitrogen functional groups attached to an aromatic ring is 1. The molecule has 15 heavy (non-hydrogen) atoms. The predicted molar refractivity (Wildman–Crippen MR) is 61.9 cm³/mol. The molecule has 0 fully saturated rings. The molecule has 0 saturated carbocycles. The highest BCUT2D eigenvalue weighted by molar-refractivity contribution is 7.15. The average molecular weight is 222 g/mol. The third kappa shape index (κ3) is 2.18. The van der Waals surface area contributed by atoms with Gasteiger partial charge in [-0.05, 0) is 12.5 Å². The average Bonchev–Trinajstić information content (AvgIpc) is 2.73. The molecular formula is C10H14N4S. The molecule has 2 aromatic rings. The standard InChI is InChI=1S/C10H14N4S/c1-3-8-9(15-10(11)12-8)6-7-4-5-14(2)13-7/h4-5H,3,6H2,1-2H3,(H2,11,12). The number of nitrogens with zero attached hydrogens (tertiary/aromatic N) is 3. The van der Waals surface area contributed by atoms with E-state index in [0.717, 1.165) is 24.2 Å². The van der Waals surface area contributed by atoms with Gasteiger partial charge < -0.3 is 5.73 Å². The maximum absolute atomic E-state index is 5.70. The van der Waals surface area contributed by atoms with Gasteiger partial charge >= 0.3 is 0 Å². The third-order valence-electron chi connectivity index (χ3n) is 2.24. The first-order valence-electron chi connectivity index (χ1n) is 4.91. The molecule has 0 aliphatic rings. The van der Waals surface area contributed by atoms with Gasteiger partial charge in [0.1, 0.15) is 0 Å². The molecule has 80 valence electrons. The maximum atomic E-state index is 5.70. The minimum Gasteiger partial charge on any atom is -0.375 e. The number of hydrogen-bond donors (Lipinski definition) is 1. The van der Waals surface area contributed by atoms with Gasteiger partial charge in [-0.2, -0.15) is 5.10 Å². The molecule has 2 heterocycles. The first kappa shape index (κ1) is 10.2. The van der Waals surface area contributed by atoms with E-state index in [0.29, 0.717) is 5.13 Å². The molecule has 2 aromatic heterocycles. The minimum atomic E-state index is 0.651. The highest BCUT2D eigenvalue weighted by Gasteiger charge is 2.09. The van der Waals surface area contributed by atoms with E-state index in [9.17, 15) is 0 Å². The van der Waals surface area contributed by atoms with Crippen molar-refractivity contribution in [3.63, 3.8) is 0 Å². The second-order valence-corrected chi connectivity index (χ2v) is 4.55. The van der Waals surface area contributed by atoms with E-state index in [1.165, 1.54) is 4.88 Å². The summed E-state index contributed by atoms with van der Waals surface area (Å²) >= 11 is 1.56. The zero-order valence-corrected chi connectivity index (χ0v) is 9.71. The van der Waals surface area contributed by atoms with Crippen LogP contribution >= 0.6 is 11.3 Å². The van der Waals surface area contributed by atoms with Crippen molar-refractivity contribution in [2.75, 3.05) is 5.73 Å². The summed E-state index contributed by atoms with van der Waals surface area (Å²) in [5.74, 6) is 0. The highest BCUT2D eigenvalue weighted by Crippen LogP contribution is 2.23. The van der Waals surface area contributed by atoms with Crippen molar-refractivity contribution in [3.05, 3.63) is 28.5 Å². The summed E-state index contributed by atoms with van der Waals surface area (Å²) in [5, 5.41) is 5.00. The van der Waals surface area contributed by atoms with E-state index in [1.54, 1.807) is 11.3 Å². The van der Waals surface area contributed by atoms with Crippen LogP contribution in [-0.4, -0.2) is 14.8 Å². The molecule has 2 rings (SSSR count). The molecule has 0 unspecified atom stereocenters. The number of aromatic nitrogens is 3. The van der Waals surface area contributed by atoms with Gasteiger partial charge in [0, 0.05) is 24.5 Å². The van der Waals surface area contributed by atoms with Gasteiger partial charge in [0.2, 0.25) is 0 Å². The number of thiazole rings is 1. The Kier molecular flexibility index (Phi) is 2.73. The Labute approximate surface area is 92.8 Å². The Hall–Kier alpha value is -1.36. The van der Waals surface area contributed by atoms with Gasteiger partial charge in [-0.1, -0.05) is 6.92 Å². The number of rotatable bonds is 3. The number of anilines is 1. The van der Waals surface area contributed by atoms with E-state index >= 15 is 0 Å². The van der Waals surface area contributed by atoms with Crippen molar-refractivity contribution in [3.8, 4) is 0 Å². The zero-order valence-electron chi connectivity index (χ0n) is 8.90. The summed E-state index contributed by atoms with van der Waals surface area (Å²) in [6, 6.07) is 2.02. The predicted octanol–water partition coefficient (Wildman–Crippen LogP) is 1.61. The maximum Gasteiger partial charge on any atom is 0.180 e.